The molecule has 5 aromatic rings. The standard InChI is InChI=1S/C26H18N2O/c29-26-15-19-8-2-1-7-18(19)13-22(26)16-27-28-17-25-23-11-5-3-9-20(23)14-21-10-4-6-12-24(21)25/h1-17,29H/b27-16+,28-17?. The number of benzene rings is 5. The van der Waals surface area contributed by atoms with Crippen LogP contribution < -0.4 is 0 Å². The van der Waals surface area contributed by atoms with Crippen LogP contribution in [0.15, 0.2) is 101 Å². The van der Waals surface area contributed by atoms with Crippen molar-refractivity contribution in [2.24, 2.45) is 10.2 Å². The highest BCUT2D eigenvalue weighted by molar-refractivity contribution is 6.13. The van der Waals surface area contributed by atoms with Crippen LogP contribution in [0.5, 0.6) is 5.75 Å². The van der Waals surface area contributed by atoms with Gasteiger partial charge in [0.2, 0.25) is 0 Å². The molecule has 0 atom stereocenters. The summed E-state index contributed by atoms with van der Waals surface area (Å²) in [5.74, 6) is 0.193. The van der Waals surface area contributed by atoms with Crippen molar-refractivity contribution in [3.05, 3.63) is 102 Å². The molecule has 0 aliphatic rings. The second-order valence-corrected chi connectivity index (χ2v) is 6.98. The van der Waals surface area contributed by atoms with Gasteiger partial charge in [0, 0.05) is 11.1 Å². The summed E-state index contributed by atoms with van der Waals surface area (Å²) in [6, 6.07) is 30.3. The Hall–Kier alpha value is -3.98. The van der Waals surface area contributed by atoms with Gasteiger partial charge in [-0.2, -0.15) is 10.2 Å². The summed E-state index contributed by atoms with van der Waals surface area (Å²) in [4.78, 5) is 0. The molecule has 0 saturated heterocycles. The highest BCUT2D eigenvalue weighted by Gasteiger charge is 2.05. The van der Waals surface area contributed by atoms with Crippen LogP contribution in [-0.2, 0) is 0 Å². The first-order valence-corrected chi connectivity index (χ1v) is 9.48. The molecule has 0 saturated carbocycles. The zero-order chi connectivity index (χ0) is 19.6. The van der Waals surface area contributed by atoms with E-state index in [0.717, 1.165) is 27.1 Å². The van der Waals surface area contributed by atoms with Crippen molar-refractivity contribution in [1.29, 1.82) is 0 Å². The molecule has 5 rings (SSSR count). The molecule has 0 unspecified atom stereocenters. The number of hydrogen-bond acceptors (Lipinski definition) is 3. The molecule has 3 heteroatoms. The minimum atomic E-state index is 0.193. The maximum Gasteiger partial charge on any atom is 0.125 e. The Labute approximate surface area is 168 Å². The van der Waals surface area contributed by atoms with Crippen molar-refractivity contribution in [3.63, 3.8) is 0 Å². The van der Waals surface area contributed by atoms with E-state index in [9.17, 15) is 5.11 Å². The van der Waals surface area contributed by atoms with Gasteiger partial charge in [-0.1, -0.05) is 72.8 Å². The molecule has 29 heavy (non-hydrogen) atoms. The molecule has 0 heterocycles. The summed E-state index contributed by atoms with van der Waals surface area (Å²) >= 11 is 0. The third-order valence-electron chi connectivity index (χ3n) is 5.16. The van der Waals surface area contributed by atoms with E-state index in [4.69, 9.17) is 0 Å². The summed E-state index contributed by atoms with van der Waals surface area (Å²) in [5.41, 5.74) is 1.68. The first-order chi connectivity index (χ1) is 14.3. The van der Waals surface area contributed by atoms with E-state index < -0.39 is 0 Å². The van der Waals surface area contributed by atoms with E-state index in [1.165, 1.54) is 10.8 Å². The Morgan fingerprint density at radius 2 is 1.07 bits per heavy atom. The van der Waals surface area contributed by atoms with Gasteiger partial charge in [0.15, 0.2) is 0 Å². The Bertz CT molecular complexity index is 1360. The molecule has 0 aliphatic heterocycles. The smallest absolute Gasteiger partial charge is 0.125 e. The molecule has 0 radical (unpaired) electrons. The van der Waals surface area contributed by atoms with Crippen molar-refractivity contribution in [2.75, 3.05) is 0 Å². The van der Waals surface area contributed by atoms with Gasteiger partial charge in [0.05, 0.1) is 12.4 Å². The summed E-state index contributed by atoms with van der Waals surface area (Å²) in [6.07, 6.45) is 3.38. The second kappa shape index (κ2) is 7.21. The minimum Gasteiger partial charge on any atom is -0.507 e. The largest absolute Gasteiger partial charge is 0.507 e. The van der Waals surface area contributed by atoms with E-state index in [2.05, 4.69) is 40.5 Å². The maximum atomic E-state index is 10.3. The molecule has 0 fully saturated rings. The first-order valence-electron chi connectivity index (χ1n) is 9.48. The summed E-state index contributed by atoms with van der Waals surface area (Å²) < 4.78 is 0. The molecule has 0 spiro atoms. The highest BCUT2D eigenvalue weighted by atomic mass is 16.3. The number of aromatic hydroxyl groups is 1. The molecular formula is C26H18N2O. The maximum absolute atomic E-state index is 10.3. The zero-order valence-corrected chi connectivity index (χ0v) is 15.7. The molecule has 0 bridgehead atoms. The lowest BCUT2D eigenvalue weighted by Crippen LogP contribution is -1.88. The van der Waals surface area contributed by atoms with Gasteiger partial charge in [-0.25, -0.2) is 0 Å². The van der Waals surface area contributed by atoms with Crippen LogP contribution in [0.4, 0.5) is 0 Å². The van der Waals surface area contributed by atoms with Crippen molar-refractivity contribution in [3.8, 4) is 5.75 Å². The Morgan fingerprint density at radius 1 is 0.552 bits per heavy atom. The molecule has 0 aliphatic carbocycles. The lowest BCUT2D eigenvalue weighted by Gasteiger charge is -2.07. The van der Waals surface area contributed by atoms with Crippen molar-refractivity contribution in [1.82, 2.24) is 0 Å². The molecule has 0 amide bonds. The van der Waals surface area contributed by atoms with E-state index in [0.29, 0.717) is 5.56 Å². The number of phenols is 1. The Balaban J connectivity index is 1.55. The average Bonchev–Trinajstić information content (AvgIpc) is 2.76. The average molecular weight is 374 g/mol. The summed E-state index contributed by atoms with van der Waals surface area (Å²) in [6.45, 7) is 0. The Morgan fingerprint density at radius 3 is 1.72 bits per heavy atom. The SMILES string of the molecule is Oc1cc2ccccc2cc1/C=N/N=Cc1c2ccccc2cc2ccccc12. The lowest BCUT2D eigenvalue weighted by molar-refractivity contribution is 0.475. The molecule has 1 N–H and O–H groups in total. The van der Waals surface area contributed by atoms with Gasteiger partial charge < -0.3 is 5.11 Å². The fourth-order valence-corrected chi connectivity index (χ4v) is 3.72. The van der Waals surface area contributed by atoms with Crippen LogP contribution >= 0.6 is 0 Å². The van der Waals surface area contributed by atoms with Gasteiger partial charge in [0.25, 0.3) is 0 Å². The molecule has 3 nitrogen and oxygen atoms in total. The number of hydrogen-bond donors (Lipinski definition) is 1. The fraction of sp³-hybridized carbons (Fsp3) is 0. The van der Waals surface area contributed by atoms with Crippen LogP contribution in [0.1, 0.15) is 11.1 Å². The van der Waals surface area contributed by atoms with Gasteiger partial charge in [-0.05, 0) is 50.5 Å². The summed E-state index contributed by atoms with van der Waals surface area (Å²) in [5, 5.41) is 25.4. The van der Waals surface area contributed by atoms with Crippen LogP contribution in [0.3, 0.4) is 0 Å². The van der Waals surface area contributed by atoms with E-state index >= 15 is 0 Å². The van der Waals surface area contributed by atoms with Crippen molar-refractivity contribution < 1.29 is 5.11 Å². The van der Waals surface area contributed by atoms with Crippen LogP contribution in [0.2, 0.25) is 0 Å². The normalized spacial score (nSPS) is 12.0. The zero-order valence-electron chi connectivity index (χ0n) is 15.7. The molecule has 138 valence electrons. The van der Waals surface area contributed by atoms with E-state index in [1.807, 2.05) is 54.6 Å². The number of nitrogens with zero attached hydrogens (tertiary/aromatic N) is 2. The Kier molecular flexibility index (Phi) is 4.26. The van der Waals surface area contributed by atoms with E-state index in [-0.39, 0.29) is 5.75 Å². The predicted molar refractivity (Wildman–Crippen MR) is 122 cm³/mol. The van der Waals surface area contributed by atoms with Crippen LogP contribution in [-0.4, -0.2) is 17.5 Å². The second-order valence-electron chi connectivity index (χ2n) is 6.98. The topological polar surface area (TPSA) is 45.0 Å². The fourth-order valence-electron chi connectivity index (χ4n) is 3.72. The van der Waals surface area contributed by atoms with Crippen molar-refractivity contribution in [2.45, 2.75) is 0 Å². The first kappa shape index (κ1) is 17.1. The molecule has 5 aromatic carbocycles. The van der Waals surface area contributed by atoms with Gasteiger partial charge in [-0.15, -0.1) is 0 Å². The van der Waals surface area contributed by atoms with Gasteiger partial charge in [-0.3, -0.25) is 0 Å². The van der Waals surface area contributed by atoms with E-state index in [1.54, 1.807) is 18.5 Å². The lowest BCUT2D eigenvalue weighted by atomic mass is 9.97. The number of phenolic OH excluding ortho intramolecular Hbond substituents is 1. The number of rotatable bonds is 3. The van der Waals surface area contributed by atoms with Crippen LogP contribution in [0, 0.1) is 0 Å². The third-order valence-corrected chi connectivity index (χ3v) is 5.16. The minimum absolute atomic E-state index is 0.193. The van der Waals surface area contributed by atoms with Gasteiger partial charge >= 0.3 is 0 Å². The predicted octanol–water partition coefficient (Wildman–Crippen LogP) is 6.30. The van der Waals surface area contributed by atoms with Gasteiger partial charge in [0.1, 0.15) is 5.75 Å². The molecule has 0 aromatic heterocycles. The highest BCUT2D eigenvalue weighted by Crippen LogP contribution is 2.27. The monoisotopic (exact) mass is 374 g/mol. The van der Waals surface area contributed by atoms with Crippen molar-refractivity contribution >= 4 is 44.7 Å². The quantitative estimate of drug-likeness (QED) is 0.225. The summed E-state index contributed by atoms with van der Waals surface area (Å²) in [7, 11) is 0. The number of fused-ring (bicyclic) bond motifs is 3. The third kappa shape index (κ3) is 3.23. The molecular weight excluding hydrogens is 356 g/mol. The van der Waals surface area contributed by atoms with Crippen LogP contribution in [0.25, 0.3) is 32.3 Å².